The van der Waals surface area contributed by atoms with E-state index in [0.29, 0.717) is 6.42 Å². The number of amides is 1. The Morgan fingerprint density at radius 2 is 1.73 bits per heavy atom. The highest BCUT2D eigenvalue weighted by atomic mass is 19.1. The third-order valence-electron chi connectivity index (χ3n) is 5.09. The van der Waals surface area contributed by atoms with E-state index in [0.717, 1.165) is 11.1 Å². The number of halogens is 1. The first-order valence-electron chi connectivity index (χ1n) is 8.79. The Morgan fingerprint density at radius 3 is 2.35 bits per heavy atom. The fourth-order valence-electron chi connectivity index (χ4n) is 3.35. The topological polar surface area (TPSA) is 23.3 Å². The summed E-state index contributed by atoms with van der Waals surface area (Å²) in [6, 6.07) is 19.3. The number of rotatable bonds is 5. The minimum atomic E-state index is -0.975. The molecule has 0 spiro atoms. The van der Waals surface area contributed by atoms with Crippen LogP contribution in [0.2, 0.25) is 0 Å². The van der Waals surface area contributed by atoms with Gasteiger partial charge in [0.1, 0.15) is 0 Å². The van der Waals surface area contributed by atoms with Crippen LogP contribution in [0.25, 0.3) is 6.08 Å². The molecule has 0 saturated carbocycles. The summed E-state index contributed by atoms with van der Waals surface area (Å²) in [6.07, 6.45) is 6.23. The number of benzene rings is 2. The summed E-state index contributed by atoms with van der Waals surface area (Å²) in [6.45, 7) is 1.14. The number of likely N-dealkylation sites (N-methyl/N-ethyl adjacent to an activating group) is 1. The van der Waals surface area contributed by atoms with Crippen LogP contribution in [-0.2, 0) is 11.2 Å². The van der Waals surface area contributed by atoms with Crippen molar-refractivity contribution in [1.29, 1.82) is 0 Å². The zero-order valence-corrected chi connectivity index (χ0v) is 15.2. The molecular formula is C22H24FN2O+. The molecule has 0 N–H and O–H groups in total. The van der Waals surface area contributed by atoms with E-state index < -0.39 is 18.4 Å². The summed E-state index contributed by atoms with van der Waals surface area (Å²) in [5.41, 5.74) is 1.15. The number of alkyl halides is 1. The van der Waals surface area contributed by atoms with E-state index in [1.165, 1.54) is 4.90 Å². The van der Waals surface area contributed by atoms with Crippen molar-refractivity contribution in [1.82, 2.24) is 4.90 Å². The fourth-order valence-corrected chi connectivity index (χ4v) is 3.35. The molecule has 1 heterocycles. The van der Waals surface area contributed by atoms with Gasteiger partial charge in [0, 0.05) is 26.5 Å². The quantitative estimate of drug-likeness (QED) is 0.756. The first kappa shape index (κ1) is 18.1. The van der Waals surface area contributed by atoms with Gasteiger partial charge in [0.25, 0.3) is 11.6 Å². The lowest BCUT2D eigenvalue weighted by Gasteiger charge is -2.23. The number of carbonyl (C=O) groups excluding carboxylic acids is 1. The lowest BCUT2D eigenvalue weighted by molar-refractivity contribution is -0.621. The van der Waals surface area contributed by atoms with E-state index in [4.69, 9.17) is 0 Å². The van der Waals surface area contributed by atoms with Crippen molar-refractivity contribution in [3.05, 3.63) is 77.9 Å². The molecule has 1 saturated heterocycles. The summed E-state index contributed by atoms with van der Waals surface area (Å²) < 4.78 is 15.8. The molecule has 0 bridgehead atoms. The number of hydrogen-bond acceptors (Lipinski definition) is 1. The Morgan fingerprint density at radius 1 is 1.12 bits per heavy atom. The summed E-state index contributed by atoms with van der Waals surface area (Å²) in [4.78, 5) is 14.3. The largest absolute Gasteiger partial charge is 0.296 e. The molecule has 1 aliphatic heterocycles. The lowest BCUT2D eigenvalue weighted by atomic mass is 10.1. The van der Waals surface area contributed by atoms with E-state index >= 15 is 0 Å². The SMILES string of the molecule is CN1C(=O)[C@H](Cc2ccccc2)/[N+](=C\C=C\c2ccccc2)[C@@]1(C)CF. The van der Waals surface area contributed by atoms with Crippen molar-refractivity contribution in [3.8, 4) is 0 Å². The average molecular weight is 351 g/mol. The zero-order valence-electron chi connectivity index (χ0n) is 15.2. The first-order chi connectivity index (χ1) is 12.6. The Bertz CT molecular complexity index is 817. The molecule has 1 amide bonds. The van der Waals surface area contributed by atoms with Crippen LogP contribution in [0.3, 0.4) is 0 Å². The van der Waals surface area contributed by atoms with Crippen LogP contribution in [-0.4, -0.2) is 47.0 Å². The smallest absolute Gasteiger partial charge is 0.278 e. The van der Waals surface area contributed by atoms with E-state index in [1.807, 2.05) is 83.6 Å². The summed E-state index contributed by atoms with van der Waals surface area (Å²) in [7, 11) is 1.68. The zero-order chi connectivity index (χ0) is 18.6. The second-order valence-corrected chi connectivity index (χ2v) is 6.78. The predicted octanol–water partition coefficient (Wildman–Crippen LogP) is 3.55. The third-order valence-corrected chi connectivity index (χ3v) is 5.09. The maximum absolute atomic E-state index is 13.9. The van der Waals surface area contributed by atoms with Crippen LogP contribution < -0.4 is 0 Å². The molecule has 4 heteroatoms. The molecule has 2 atom stereocenters. The van der Waals surface area contributed by atoms with Gasteiger partial charge in [0.15, 0.2) is 12.9 Å². The Labute approximate surface area is 154 Å². The van der Waals surface area contributed by atoms with Gasteiger partial charge in [-0.3, -0.25) is 9.69 Å². The van der Waals surface area contributed by atoms with E-state index in [9.17, 15) is 9.18 Å². The molecule has 0 aromatic heterocycles. The molecule has 2 aromatic carbocycles. The standard InChI is InChI=1S/C22H24FN2O/c1-22(17-23)24(2)21(26)20(16-19-12-7-4-8-13-19)25(22)15-9-14-18-10-5-3-6-11-18/h3-15,20H,16-17H2,1-2H3/q+1/b14-9+,25-15+/t20-,22-/m0/s1. The molecular weight excluding hydrogens is 327 g/mol. The van der Waals surface area contributed by atoms with Crippen molar-refractivity contribution in [2.24, 2.45) is 0 Å². The van der Waals surface area contributed by atoms with Crippen LogP contribution in [0, 0.1) is 0 Å². The van der Waals surface area contributed by atoms with Crippen molar-refractivity contribution in [3.63, 3.8) is 0 Å². The van der Waals surface area contributed by atoms with Crippen LogP contribution >= 0.6 is 0 Å². The van der Waals surface area contributed by atoms with Gasteiger partial charge in [-0.25, -0.2) is 4.39 Å². The number of allylic oxidation sites excluding steroid dienone is 1. The summed E-state index contributed by atoms with van der Waals surface area (Å²) >= 11 is 0. The van der Waals surface area contributed by atoms with Gasteiger partial charge in [-0.05, 0) is 17.2 Å². The number of hydrogen-bond donors (Lipinski definition) is 0. The molecule has 134 valence electrons. The summed E-state index contributed by atoms with van der Waals surface area (Å²) in [5, 5.41) is 0. The number of carbonyl (C=O) groups is 1. The van der Waals surface area contributed by atoms with Crippen molar-refractivity contribution in [2.45, 2.75) is 25.0 Å². The Kier molecular flexibility index (Phi) is 5.31. The molecule has 3 nitrogen and oxygen atoms in total. The predicted molar refractivity (Wildman–Crippen MR) is 103 cm³/mol. The van der Waals surface area contributed by atoms with Gasteiger partial charge in [-0.15, -0.1) is 0 Å². The van der Waals surface area contributed by atoms with Crippen molar-refractivity contribution in [2.75, 3.05) is 13.7 Å². The molecule has 3 rings (SSSR count). The van der Waals surface area contributed by atoms with Crippen LogP contribution in [0.4, 0.5) is 4.39 Å². The third kappa shape index (κ3) is 3.45. The second-order valence-electron chi connectivity index (χ2n) is 6.78. The Balaban J connectivity index is 1.94. The summed E-state index contributed by atoms with van der Waals surface area (Å²) in [5.74, 6) is -0.0571. The molecule has 1 aliphatic rings. The van der Waals surface area contributed by atoms with Gasteiger partial charge < -0.3 is 0 Å². The van der Waals surface area contributed by atoms with E-state index in [2.05, 4.69) is 0 Å². The Hall–Kier alpha value is -2.75. The van der Waals surface area contributed by atoms with Gasteiger partial charge in [-0.2, -0.15) is 4.58 Å². The molecule has 1 fully saturated rings. The highest BCUT2D eigenvalue weighted by Crippen LogP contribution is 2.28. The molecule has 0 aliphatic carbocycles. The molecule has 26 heavy (non-hydrogen) atoms. The molecule has 2 aromatic rings. The van der Waals surface area contributed by atoms with Gasteiger partial charge in [-0.1, -0.05) is 60.7 Å². The normalized spacial score (nSPS) is 24.7. The number of nitrogens with zero attached hydrogens (tertiary/aromatic N) is 2. The monoisotopic (exact) mass is 351 g/mol. The minimum Gasteiger partial charge on any atom is -0.278 e. The first-order valence-corrected chi connectivity index (χ1v) is 8.79. The fraction of sp³-hybridized carbons (Fsp3) is 0.273. The second kappa shape index (κ2) is 7.65. The van der Waals surface area contributed by atoms with Crippen LogP contribution in [0.1, 0.15) is 18.1 Å². The molecule has 0 radical (unpaired) electrons. The van der Waals surface area contributed by atoms with E-state index in [-0.39, 0.29) is 5.91 Å². The lowest BCUT2D eigenvalue weighted by Crippen LogP contribution is -2.48. The highest BCUT2D eigenvalue weighted by molar-refractivity contribution is 5.85. The maximum atomic E-state index is 13.9. The van der Waals surface area contributed by atoms with Crippen molar-refractivity contribution < 1.29 is 13.8 Å². The van der Waals surface area contributed by atoms with Crippen molar-refractivity contribution >= 4 is 18.2 Å². The highest BCUT2D eigenvalue weighted by Gasteiger charge is 2.57. The van der Waals surface area contributed by atoms with Gasteiger partial charge >= 0.3 is 0 Å². The van der Waals surface area contributed by atoms with Crippen LogP contribution in [0.5, 0.6) is 0 Å². The molecule has 0 unspecified atom stereocenters. The van der Waals surface area contributed by atoms with E-state index in [1.54, 1.807) is 14.0 Å². The van der Waals surface area contributed by atoms with Gasteiger partial charge in [0.05, 0.1) is 0 Å². The average Bonchev–Trinajstić information content (AvgIpc) is 2.86. The minimum absolute atomic E-state index is 0.0571. The maximum Gasteiger partial charge on any atom is 0.296 e. The van der Waals surface area contributed by atoms with Crippen LogP contribution in [0.15, 0.2) is 66.7 Å². The van der Waals surface area contributed by atoms with Gasteiger partial charge in [0.2, 0.25) is 6.04 Å².